The van der Waals surface area contributed by atoms with E-state index in [0.29, 0.717) is 26.8 Å². The second-order valence-corrected chi connectivity index (χ2v) is 9.36. The number of urea groups is 1. The molecule has 3 amide bonds. The van der Waals surface area contributed by atoms with Crippen LogP contribution in [0.4, 0.5) is 21.9 Å². The van der Waals surface area contributed by atoms with Crippen LogP contribution in [0.1, 0.15) is 22.5 Å². The zero-order valence-corrected chi connectivity index (χ0v) is 19.1. The van der Waals surface area contributed by atoms with Gasteiger partial charge in [0.2, 0.25) is 0 Å². The molecule has 0 saturated carbocycles. The van der Waals surface area contributed by atoms with E-state index in [9.17, 15) is 9.59 Å². The fraction of sp³-hybridized carbons (Fsp3) is 0.200. The fourth-order valence-corrected chi connectivity index (χ4v) is 5.59. The lowest BCUT2D eigenvalue weighted by atomic mass is 10.1. The lowest BCUT2D eigenvalue weighted by Gasteiger charge is -2.29. The summed E-state index contributed by atoms with van der Waals surface area (Å²) in [6.07, 6.45) is 5.39. The number of amides is 3. The van der Waals surface area contributed by atoms with Gasteiger partial charge < -0.3 is 16.0 Å². The Bertz CT molecular complexity index is 1400. The number of rotatable bonds is 4. The average molecular weight is 471 g/mol. The van der Waals surface area contributed by atoms with Crippen molar-refractivity contribution in [2.75, 3.05) is 23.3 Å². The number of hydrogen-bond acceptors (Lipinski definition) is 6. The molecule has 0 radical (unpaired) electrons. The molecular formula is C25H22N6O2S. The van der Waals surface area contributed by atoms with E-state index in [1.165, 1.54) is 11.3 Å². The van der Waals surface area contributed by atoms with E-state index in [1.54, 1.807) is 17.3 Å². The third-order valence-electron chi connectivity index (χ3n) is 6.15. The molecule has 0 aliphatic carbocycles. The standard InChI is InChI=1S/C25H22N6O2S/c32-23(29-16-6-4-10-26-14-16)22-21-20-19(9-12-28-24(20)34-22)31(25(33)30-21)17-7-3-5-15(13-17)18-8-1-2-11-27-18/h1-3,5,7-9,11-13,16,26H,4,6,10,14H2,(H,29,32)(H,30,33)/t16-/m1/s1. The molecule has 2 aliphatic heterocycles. The number of nitrogens with zero attached hydrogens (tertiary/aromatic N) is 3. The molecule has 3 aromatic heterocycles. The summed E-state index contributed by atoms with van der Waals surface area (Å²) in [5, 5.41) is 10.2. The summed E-state index contributed by atoms with van der Waals surface area (Å²) in [5.41, 5.74) is 3.69. The van der Waals surface area contributed by atoms with Crippen LogP contribution in [-0.2, 0) is 0 Å². The predicted octanol–water partition coefficient (Wildman–Crippen LogP) is 4.52. The van der Waals surface area contributed by atoms with Gasteiger partial charge in [-0.3, -0.25) is 14.7 Å². The molecule has 9 heteroatoms. The number of carbonyl (C=O) groups is 2. The summed E-state index contributed by atoms with van der Waals surface area (Å²) in [6, 6.07) is 15.0. The van der Waals surface area contributed by atoms with Gasteiger partial charge in [0.05, 0.1) is 28.1 Å². The van der Waals surface area contributed by atoms with Crippen LogP contribution in [0, 0.1) is 0 Å². The molecule has 6 rings (SSSR count). The lowest BCUT2D eigenvalue weighted by molar-refractivity contribution is 0.0935. The van der Waals surface area contributed by atoms with Crippen LogP contribution in [0.5, 0.6) is 0 Å². The molecule has 1 saturated heterocycles. The van der Waals surface area contributed by atoms with Gasteiger partial charge in [0.25, 0.3) is 5.91 Å². The van der Waals surface area contributed by atoms with E-state index in [4.69, 9.17) is 0 Å². The van der Waals surface area contributed by atoms with Gasteiger partial charge in [0.15, 0.2) is 0 Å². The van der Waals surface area contributed by atoms with Crippen LogP contribution in [-0.4, -0.2) is 41.0 Å². The molecule has 5 heterocycles. The van der Waals surface area contributed by atoms with Gasteiger partial charge in [-0.25, -0.2) is 9.78 Å². The SMILES string of the molecule is O=C(N[C@@H]1CCCNC1)c1sc2nccc3c2c1NC(=O)N3c1cccc(-c2ccccn2)c1. The van der Waals surface area contributed by atoms with Crippen molar-refractivity contribution in [1.82, 2.24) is 20.6 Å². The molecule has 4 aromatic rings. The Morgan fingerprint density at radius 1 is 1.12 bits per heavy atom. The Morgan fingerprint density at radius 2 is 2.06 bits per heavy atom. The third kappa shape index (κ3) is 3.59. The predicted molar refractivity (Wildman–Crippen MR) is 134 cm³/mol. The van der Waals surface area contributed by atoms with E-state index in [-0.39, 0.29) is 18.0 Å². The van der Waals surface area contributed by atoms with Crippen LogP contribution in [0.25, 0.3) is 21.5 Å². The van der Waals surface area contributed by atoms with Gasteiger partial charge in [0, 0.05) is 30.5 Å². The normalized spacial score (nSPS) is 17.5. The molecule has 34 heavy (non-hydrogen) atoms. The highest BCUT2D eigenvalue weighted by molar-refractivity contribution is 7.21. The van der Waals surface area contributed by atoms with Crippen LogP contribution in [0.3, 0.4) is 0 Å². The van der Waals surface area contributed by atoms with E-state index in [2.05, 4.69) is 25.9 Å². The minimum Gasteiger partial charge on any atom is -0.347 e. The summed E-state index contributed by atoms with van der Waals surface area (Å²) in [5.74, 6) is -0.177. The van der Waals surface area contributed by atoms with Gasteiger partial charge >= 0.3 is 6.03 Å². The maximum atomic E-state index is 13.3. The quantitative estimate of drug-likeness (QED) is 0.407. The summed E-state index contributed by atoms with van der Waals surface area (Å²) in [6.45, 7) is 1.73. The summed E-state index contributed by atoms with van der Waals surface area (Å²) in [4.78, 5) is 38.2. The van der Waals surface area contributed by atoms with Gasteiger partial charge in [0.1, 0.15) is 9.71 Å². The Morgan fingerprint density at radius 3 is 2.88 bits per heavy atom. The summed E-state index contributed by atoms with van der Waals surface area (Å²) in [7, 11) is 0. The monoisotopic (exact) mass is 470 g/mol. The Balaban J connectivity index is 1.40. The largest absolute Gasteiger partial charge is 0.347 e. The number of pyridine rings is 2. The van der Waals surface area contributed by atoms with Gasteiger partial charge in [-0.05, 0) is 49.7 Å². The van der Waals surface area contributed by atoms with Crippen molar-refractivity contribution in [2.24, 2.45) is 0 Å². The van der Waals surface area contributed by atoms with Crippen LogP contribution < -0.4 is 20.9 Å². The van der Waals surface area contributed by atoms with E-state index >= 15 is 0 Å². The molecule has 8 nitrogen and oxygen atoms in total. The number of thiophene rings is 1. The van der Waals surface area contributed by atoms with E-state index in [0.717, 1.165) is 42.6 Å². The van der Waals surface area contributed by atoms with E-state index in [1.807, 2.05) is 48.5 Å². The first-order chi connectivity index (χ1) is 16.7. The Hall–Kier alpha value is -3.82. The maximum absolute atomic E-state index is 13.3. The van der Waals surface area contributed by atoms with Crippen molar-refractivity contribution in [3.05, 3.63) is 65.8 Å². The van der Waals surface area contributed by atoms with E-state index < -0.39 is 0 Å². The molecular weight excluding hydrogens is 448 g/mol. The third-order valence-corrected chi connectivity index (χ3v) is 7.25. The highest BCUT2D eigenvalue weighted by Crippen LogP contribution is 2.46. The minimum absolute atomic E-state index is 0.0798. The van der Waals surface area contributed by atoms with Gasteiger partial charge in [-0.15, -0.1) is 11.3 Å². The minimum atomic E-state index is -0.315. The van der Waals surface area contributed by atoms with Crippen molar-refractivity contribution < 1.29 is 9.59 Å². The number of benzene rings is 1. The first-order valence-corrected chi connectivity index (χ1v) is 12.1. The summed E-state index contributed by atoms with van der Waals surface area (Å²) >= 11 is 1.30. The van der Waals surface area contributed by atoms with Crippen molar-refractivity contribution in [3.8, 4) is 11.3 Å². The summed E-state index contributed by atoms with van der Waals surface area (Å²) < 4.78 is 0. The van der Waals surface area contributed by atoms with Crippen LogP contribution >= 0.6 is 11.3 Å². The first kappa shape index (κ1) is 20.8. The number of hydrogen-bond donors (Lipinski definition) is 3. The van der Waals surface area contributed by atoms with Crippen molar-refractivity contribution in [3.63, 3.8) is 0 Å². The second kappa shape index (κ2) is 8.51. The second-order valence-electron chi connectivity index (χ2n) is 8.36. The van der Waals surface area contributed by atoms with Crippen molar-refractivity contribution in [1.29, 1.82) is 0 Å². The number of piperidine rings is 1. The molecule has 1 fully saturated rings. The Kier molecular flexibility index (Phi) is 5.20. The lowest BCUT2D eigenvalue weighted by Crippen LogP contribution is -2.45. The highest BCUT2D eigenvalue weighted by atomic mass is 32.1. The van der Waals surface area contributed by atoms with Gasteiger partial charge in [-0.1, -0.05) is 18.2 Å². The number of nitrogens with one attached hydrogen (secondary N) is 3. The number of anilines is 3. The number of aromatic nitrogens is 2. The fourth-order valence-electron chi connectivity index (χ4n) is 4.56. The zero-order valence-electron chi connectivity index (χ0n) is 18.2. The molecule has 1 aromatic carbocycles. The van der Waals surface area contributed by atoms with Crippen LogP contribution in [0.2, 0.25) is 0 Å². The molecule has 2 aliphatic rings. The molecule has 0 bridgehead atoms. The Labute approximate surface area is 200 Å². The maximum Gasteiger partial charge on any atom is 0.331 e. The van der Waals surface area contributed by atoms with Crippen molar-refractivity contribution >= 4 is 50.6 Å². The van der Waals surface area contributed by atoms with Gasteiger partial charge in [-0.2, -0.15) is 0 Å². The van der Waals surface area contributed by atoms with Crippen molar-refractivity contribution in [2.45, 2.75) is 18.9 Å². The topological polar surface area (TPSA) is 99.2 Å². The highest BCUT2D eigenvalue weighted by Gasteiger charge is 2.33. The molecule has 0 spiro atoms. The molecule has 0 unspecified atom stereocenters. The average Bonchev–Trinajstić information content (AvgIpc) is 3.25. The zero-order chi connectivity index (χ0) is 23.1. The smallest absolute Gasteiger partial charge is 0.331 e. The molecule has 1 atom stereocenters. The molecule has 3 N–H and O–H groups in total. The molecule has 170 valence electrons. The number of carbonyl (C=O) groups excluding carboxylic acids is 2. The first-order valence-electron chi connectivity index (χ1n) is 11.2. The van der Waals surface area contributed by atoms with Crippen LogP contribution in [0.15, 0.2) is 60.9 Å².